The lowest BCUT2D eigenvalue weighted by Crippen LogP contribution is -2.25. The first kappa shape index (κ1) is 12.6. The Morgan fingerprint density at radius 3 is 2.67 bits per heavy atom. The van der Waals surface area contributed by atoms with E-state index in [0.717, 1.165) is 5.56 Å². The minimum absolute atomic E-state index is 0.254. The second-order valence-corrected chi connectivity index (χ2v) is 4.49. The molecule has 0 aromatic heterocycles. The zero-order valence-electron chi connectivity index (χ0n) is 10.5. The van der Waals surface area contributed by atoms with Crippen LogP contribution in [-0.4, -0.2) is 19.0 Å². The van der Waals surface area contributed by atoms with Crippen molar-refractivity contribution in [2.45, 2.75) is 19.4 Å². The summed E-state index contributed by atoms with van der Waals surface area (Å²) in [6.07, 6.45) is 0.273. The zero-order valence-corrected chi connectivity index (χ0v) is 10.5. The smallest absolute Gasteiger partial charge is 0.310 e. The Balaban J connectivity index is 2.10. The van der Waals surface area contributed by atoms with Crippen molar-refractivity contribution in [3.8, 4) is 0 Å². The van der Waals surface area contributed by atoms with Crippen LogP contribution in [0.4, 0.5) is 0 Å². The Kier molecular flexibility index (Phi) is 3.65. The van der Waals surface area contributed by atoms with E-state index in [4.69, 9.17) is 4.74 Å². The lowest BCUT2D eigenvalue weighted by Gasteiger charge is -2.12. The van der Waals surface area contributed by atoms with E-state index in [0.29, 0.717) is 6.42 Å². The number of benzene rings is 1. The van der Waals surface area contributed by atoms with E-state index in [1.54, 1.807) is 6.92 Å². The van der Waals surface area contributed by atoms with E-state index in [9.17, 15) is 9.59 Å². The molecule has 2 rings (SSSR count). The van der Waals surface area contributed by atoms with Gasteiger partial charge in [0.25, 0.3) is 0 Å². The van der Waals surface area contributed by atoms with Crippen molar-refractivity contribution in [1.82, 2.24) is 0 Å². The zero-order chi connectivity index (χ0) is 13.1. The predicted molar refractivity (Wildman–Crippen MR) is 64.6 cm³/mol. The highest BCUT2D eigenvalue weighted by molar-refractivity contribution is 5.83. The van der Waals surface area contributed by atoms with Crippen LogP contribution >= 0.6 is 0 Å². The van der Waals surface area contributed by atoms with E-state index in [1.165, 1.54) is 7.11 Å². The monoisotopic (exact) mass is 248 g/mol. The lowest BCUT2D eigenvalue weighted by molar-refractivity contribution is -0.154. The first-order valence-electron chi connectivity index (χ1n) is 5.96. The molecule has 0 radical (unpaired) electrons. The molecule has 1 fully saturated rings. The molecule has 0 unspecified atom stereocenters. The fourth-order valence-electron chi connectivity index (χ4n) is 2.23. The minimum atomic E-state index is -0.462. The normalized spacial score (nSPS) is 24.4. The van der Waals surface area contributed by atoms with Gasteiger partial charge in [-0.05, 0) is 5.56 Å². The minimum Gasteiger partial charge on any atom is -0.469 e. The van der Waals surface area contributed by atoms with Gasteiger partial charge < -0.3 is 9.47 Å². The number of esters is 2. The Hall–Kier alpha value is -1.84. The van der Waals surface area contributed by atoms with Gasteiger partial charge >= 0.3 is 11.9 Å². The van der Waals surface area contributed by atoms with Crippen LogP contribution in [0.3, 0.4) is 0 Å². The molecule has 1 aromatic rings. The van der Waals surface area contributed by atoms with E-state index in [2.05, 4.69) is 4.74 Å². The highest BCUT2D eigenvalue weighted by atomic mass is 16.6. The highest BCUT2D eigenvalue weighted by Crippen LogP contribution is 2.37. The summed E-state index contributed by atoms with van der Waals surface area (Å²) in [6.45, 7) is 1.70. The molecule has 0 N–H and O–H groups in total. The van der Waals surface area contributed by atoms with Gasteiger partial charge in [-0.25, -0.2) is 0 Å². The number of carbonyl (C=O) groups is 2. The van der Waals surface area contributed by atoms with Crippen molar-refractivity contribution in [3.05, 3.63) is 35.9 Å². The van der Waals surface area contributed by atoms with Crippen LogP contribution < -0.4 is 0 Å². The molecule has 1 heterocycles. The van der Waals surface area contributed by atoms with Crippen LogP contribution in [0.1, 0.15) is 25.0 Å². The van der Waals surface area contributed by atoms with Gasteiger partial charge in [0.15, 0.2) is 0 Å². The molecule has 96 valence electrons. The van der Waals surface area contributed by atoms with Crippen LogP contribution in [0.25, 0.3) is 0 Å². The Morgan fingerprint density at radius 2 is 2.06 bits per heavy atom. The molecular weight excluding hydrogens is 232 g/mol. The second kappa shape index (κ2) is 5.21. The van der Waals surface area contributed by atoms with Crippen molar-refractivity contribution in [1.29, 1.82) is 0 Å². The van der Waals surface area contributed by atoms with Gasteiger partial charge in [-0.2, -0.15) is 0 Å². The van der Waals surface area contributed by atoms with Gasteiger partial charge in [0.05, 0.1) is 18.9 Å². The van der Waals surface area contributed by atoms with E-state index >= 15 is 0 Å². The van der Waals surface area contributed by atoms with Gasteiger partial charge in [-0.3, -0.25) is 9.59 Å². The second-order valence-electron chi connectivity index (χ2n) is 4.49. The average Bonchev–Trinajstić information content (AvgIpc) is 2.80. The van der Waals surface area contributed by atoms with Crippen LogP contribution in [0.2, 0.25) is 0 Å². The molecule has 0 spiro atoms. The van der Waals surface area contributed by atoms with Crippen molar-refractivity contribution < 1.29 is 19.1 Å². The summed E-state index contributed by atoms with van der Waals surface area (Å²) in [7, 11) is 1.33. The SMILES string of the molecule is COC(=O)[C@H](C)[C@@H]1C[C@H](c2ccccc2)OC1=O. The quantitative estimate of drug-likeness (QED) is 0.769. The molecule has 1 aliphatic heterocycles. The van der Waals surface area contributed by atoms with E-state index in [-0.39, 0.29) is 18.0 Å². The topological polar surface area (TPSA) is 52.6 Å². The van der Waals surface area contributed by atoms with Crippen LogP contribution in [-0.2, 0) is 19.1 Å². The third-order valence-corrected chi connectivity index (χ3v) is 3.38. The molecule has 0 aliphatic carbocycles. The number of carbonyl (C=O) groups excluding carboxylic acids is 2. The Labute approximate surface area is 106 Å². The van der Waals surface area contributed by atoms with Gasteiger partial charge in [-0.15, -0.1) is 0 Å². The number of hydrogen-bond donors (Lipinski definition) is 0. The number of hydrogen-bond acceptors (Lipinski definition) is 4. The molecule has 1 saturated heterocycles. The average molecular weight is 248 g/mol. The van der Waals surface area contributed by atoms with Crippen LogP contribution in [0.15, 0.2) is 30.3 Å². The van der Waals surface area contributed by atoms with Crippen molar-refractivity contribution in [2.75, 3.05) is 7.11 Å². The van der Waals surface area contributed by atoms with E-state index in [1.807, 2.05) is 30.3 Å². The summed E-state index contributed by atoms with van der Waals surface area (Å²) in [6, 6.07) is 9.56. The number of rotatable bonds is 3. The summed E-state index contributed by atoms with van der Waals surface area (Å²) < 4.78 is 10.00. The highest BCUT2D eigenvalue weighted by Gasteiger charge is 2.41. The molecular formula is C14H16O4. The largest absolute Gasteiger partial charge is 0.469 e. The van der Waals surface area contributed by atoms with Gasteiger partial charge in [0.2, 0.25) is 0 Å². The van der Waals surface area contributed by atoms with Gasteiger partial charge in [0.1, 0.15) is 6.10 Å². The van der Waals surface area contributed by atoms with Gasteiger partial charge in [0, 0.05) is 6.42 Å². The van der Waals surface area contributed by atoms with Crippen molar-refractivity contribution >= 4 is 11.9 Å². The third-order valence-electron chi connectivity index (χ3n) is 3.38. The molecule has 18 heavy (non-hydrogen) atoms. The van der Waals surface area contributed by atoms with Crippen LogP contribution in [0, 0.1) is 11.8 Å². The maximum absolute atomic E-state index is 11.8. The standard InChI is InChI=1S/C14H16O4/c1-9(13(15)17-2)11-8-12(18-14(11)16)10-6-4-3-5-7-10/h3-7,9,11-12H,8H2,1-2H3/t9-,11+,12-/m1/s1. The number of cyclic esters (lactones) is 1. The number of ether oxygens (including phenoxy) is 2. The van der Waals surface area contributed by atoms with Gasteiger partial charge in [-0.1, -0.05) is 37.3 Å². The maximum atomic E-state index is 11.8. The fourth-order valence-corrected chi connectivity index (χ4v) is 2.23. The van der Waals surface area contributed by atoms with Crippen molar-refractivity contribution in [2.24, 2.45) is 11.8 Å². The fraction of sp³-hybridized carbons (Fsp3) is 0.429. The molecule has 3 atom stereocenters. The summed E-state index contributed by atoms with van der Waals surface area (Å²) in [4.78, 5) is 23.2. The molecule has 1 aliphatic rings. The predicted octanol–water partition coefficient (Wildman–Crippen LogP) is 2.10. The summed E-state index contributed by atoms with van der Waals surface area (Å²) >= 11 is 0. The maximum Gasteiger partial charge on any atom is 0.310 e. The Morgan fingerprint density at radius 1 is 1.39 bits per heavy atom. The van der Waals surface area contributed by atoms with E-state index < -0.39 is 11.8 Å². The Bertz CT molecular complexity index is 440. The van der Waals surface area contributed by atoms with Crippen molar-refractivity contribution in [3.63, 3.8) is 0 Å². The molecule has 1 aromatic carbocycles. The molecule has 0 amide bonds. The summed E-state index contributed by atoms with van der Waals surface area (Å²) in [5.74, 6) is -1.56. The van der Waals surface area contributed by atoms with Crippen LogP contribution in [0.5, 0.6) is 0 Å². The summed E-state index contributed by atoms with van der Waals surface area (Å²) in [5.41, 5.74) is 0.963. The summed E-state index contributed by atoms with van der Waals surface area (Å²) in [5, 5.41) is 0. The first-order valence-corrected chi connectivity index (χ1v) is 5.96. The molecule has 4 heteroatoms. The third kappa shape index (κ3) is 2.37. The molecule has 0 bridgehead atoms. The lowest BCUT2D eigenvalue weighted by atomic mass is 9.89. The molecule has 0 saturated carbocycles. The first-order chi connectivity index (χ1) is 8.63. The number of methoxy groups -OCH3 is 1. The molecule has 4 nitrogen and oxygen atoms in total.